The van der Waals surface area contributed by atoms with Crippen LogP contribution in [0.4, 0.5) is 0 Å². The number of piperidine rings is 1. The maximum Gasteiger partial charge on any atom is 0.237 e. The summed E-state index contributed by atoms with van der Waals surface area (Å²) < 4.78 is 5.04. The summed E-state index contributed by atoms with van der Waals surface area (Å²) in [5.74, 6) is 0.171. The van der Waals surface area contributed by atoms with Crippen molar-refractivity contribution < 1.29 is 14.6 Å². The molecule has 0 aliphatic carbocycles. The van der Waals surface area contributed by atoms with Gasteiger partial charge in [0.2, 0.25) is 5.91 Å². The van der Waals surface area contributed by atoms with Gasteiger partial charge in [0.05, 0.1) is 19.8 Å². The minimum Gasteiger partial charge on any atom is -0.395 e. The summed E-state index contributed by atoms with van der Waals surface area (Å²) in [6.45, 7) is 6.47. The van der Waals surface area contributed by atoms with Gasteiger partial charge in [-0.3, -0.25) is 9.69 Å². The van der Waals surface area contributed by atoms with Crippen LogP contribution in [0.2, 0.25) is 0 Å². The standard InChI is InChI=1S/C14H28N2O3/c1-12-5-4-6-13(2)16(12)14(18)11-15(7-9-17)8-10-19-3/h12-13,17H,4-11H2,1-3H3. The average Bonchev–Trinajstić information content (AvgIpc) is 2.36. The van der Waals surface area contributed by atoms with Gasteiger partial charge in [-0.25, -0.2) is 0 Å². The molecule has 1 aliphatic rings. The number of aliphatic hydroxyl groups excluding tert-OH is 1. The zero-order chi connectivity index (χ0) is 14.3. The van der Waals surface area contributed by atoms with Gasteiger partial charge in [-0.15, -0.1) is 0 Å². The highest BCUT2D eigenvalue weighted by atomic mass is 16.5. The Hall–Kier alpha value is -0.650. The second-order valence-corrected chi connectivity index (χ2v) is 5.42. The molecule has 1 amide bonds. The molecule has 0 aromatic carbocycles. The summed E-state index contributed by atoms with van der Waals surface area (Å²) in [7, 11) is 1.65. The molecule has 1 saturated heterocycles. The van der Waals surface area contributed by atoms with Crippen molar-refractivity contribution in [3.63, 3.8) is 0 Å². The first-order chi connectivity index (χ1) is 9.10. The lowest BCUT2D eigenvalue weighted by atomic mass is 9.97. The maximum absolute atomic E-state index is 12.4. The third-order valence-corrected chi connectivity index (χ3v) is 3.87. The van der Waals surface area contributed by atoms with E-state index < -0.39 is 0 Å². The molecule has 1 fully saturated rings. The Morgan fingerprint density at radius 3 is 2.47 bits per heavy atom. The Morgan fingerprint density at radius 1 is 1.32 bits per heavy atom. The summed E-state index contributed by atoms with van der Waals surface area (Å²) in [5.41, 5.74) is 0. The summed E-state index contributed by atoms with van der Waals surface area (Å²) in [6, 6.07) is 0.657. The van der Waals surface area contributed by atoms with Crippen molar-refractivity contribution >= 4 is 5.91 Å². The second-order valence-electron chi connectivity index (χ2n) is 5.42. The summed E-state index contributed by atoms with van der Waals surface area (Å²) in [6.07, 6.45) is 3.39. The fourth-order valence-electron chi connectivity index (χ4n) is 2.82. The van der Waals surface area contributed by atoms with Gasteiger partial charge in [0.15, 0.2) is 0 Å². The van der Waals surface area contributed by atoms with Crippen molar-refractivity contribution in [2.75, 3.05) is 40.0 Å². The topological polar surface area (TPSA) is 53.0 Å². The third kappa shape index (κ3) is 5.09. The Labute approximate surface area is 116 Å². The van der Waals surface area contributed by atoms with E-state index in [1.807, 2.05) is 9.80 Å². The summed E-state index contributed by atoms with van der Waals surface area (Å²) in [4.78, 5) is 16.4. The van der Waals surface area contributed by atoms with Gasteiger partial charge in [0, 0.05) is 32.3 Å². The molecule has 1 aliphatic heterocycles. The van der Waals surface area contributed by atoms with Gasteiger partial charge in [-0.2, -0.15) is 0 Å². The van der Waals surface area contributed by atoms with Crippen molar-refractivity contribution in [3.8, 4) is 0 Å². The molecule has 2 unspecified atom stereocenters. The Morgan fingerprint density at radius 2 is 1.95 bits per heavy atom. The molecule has 2 atom stereocenters. The number of ether oxygens (including phenoxy) is 1. The molecule has 0 radical (unpaired) electrons. The van der Waals surface area contributed by atoms with Crippen LogP contribution in [0.3, 0.4) is 0 Å². The molecular weight excluding hydrogens is 244 g/mol. The Kier molecular flexibility index (Phi) is 7.34. The number of carbonyl (C=O) groups excluding carboxylic acids is 1. The van der Waals surface area contributed by atoms with Crippen LogP contribution in [-0.4, -0.2) is 72.9 Å². The molecule has 19 heavy (non-hydrogen) atoms. The number of hydrogen-bond acceptors (Lipinski definition) is 4. The number of nitrogens with zero attached hydrogens (tertiary/aromatic N) is 2. The predicted molar refractivity (Wildman–Crippen MR) is 75.0 cm³/mol. The van der Waals surface area contributed by atoms with Crippen molar-refractivity contribution in [1.82, 2.24) is 9.80 Å². The molecule has 1 heterocycles. The van der Waals surface area contributed by atoms with Gasteiger partial charge in [0.25, 0.3) is 0 Å². The molecule has 112 valence electrons. The van der Waals surface area contributed by atoms with E-state index in [0.29, 0.717) is 38.3 Å². The third-order valence-electron chi connectivity index (χ3n) is 3.87. The van der Waals surface area contributed by atoms with Crippen LogP contribution in [0.1, 0.15) is 33.1 Å². The lowest BCUT2D eigenvalue weighted by molar-refractivity contribution is -0.138. The highest BCUT2D eigenvalue weighted by molar-refractivity contribution is 5.79. The smallest absolute Gasteiger partial charge is 0.237 e. The first-order valence-corrected chi connectivity index (χ1v) is 7.23. The number of rotatable bonds is 7. The van der Waals surface area contributed by atoms with Crippen LogP contribution in [0, 0.1) is 0 Å². The normalized spacial score (nSPS) is 23.9. The minimum absolute atomic E-state index is 0.0715. The summed E-state index contributed by atoms with van der Waals surface area (Å²) >= 11 is 0. The first-order valence-electron chi connectivity index (χ1n) is 7.23. The Balaban J connectivity index is 2.53. The molecule has 0 aromatic heterocycles. The summed E-state index contributed by atoms with van der Waals surface area (Å²) in [5, 5.41) is 9.06. The van der Waals surface area contributed by atoms with Gasteiger partial charge in [-0.1, -0.05) is 0 Å². The molecule has 0 spiro atoms. The van der Waals surface area contributed by atoms with E-state index in [0.717, 1.165) is 12.8 Å². The van der Waals surface area contributed by atoms with E-state index in [-0.39, 0.29) is 12.5 Å². The highest BCUT2D eigenvalue weighted by Crippen LogP contribution is 2.22. The molecule has 5 heteroatoms. The fourth-order valence-corrected chi connectivity index (χ4v) is 2.82. The average molecular weight is 272 g/mol. The van der Waals surface area contributed by atoms with Crippen molar-refractivity contribution in [2.45, 2.75) is 45.2 Å². The van der Waals surface area contributed by atoms with E-state index in [9.17, 15) is 4.79 Å². The van der Waals surface area contributed by atoms with Crippen LogP contribution in [-0.2, 0) is 9.53 Å². The van der Waals surface area contributed by atoms with Crippen molar-refractivity contribution in [1.29, 1.82) is 0 Å². The largest absolute Gasteiger partial charge is 0.395 e. The predicted octanol–water partition coefficient (Wildman–Crippen LogP) is 0.717. The van der Waals surface area contributed by atoms with E-state index in [4.69, 9.17) is 9.84 Å². The number of amides is 1. The van der Waals surface area contributed by atoms with Crippen molar-refractivity contribution in [3.05, 3.63) is 0 Å². The SMILES string of the molecule is COCCN(CCO)CC(=O)N1C(C)CCCC1C. The second kappa shape index (κ2) is 8.51. The zero-order valence-corrected chi connectivity index (χ0v) is 12.5. The van der Waals surface area contributed by atoms with Crippen LogP contribution >= 0.6 is 0 Å². The van der Waals surface area contributed by atoms with Gasteiger partial charge >= 0.3 is 0 Å². The number of aliphatic hydroxyl groups is 1. The lowest BCUT2D eigenvalue weighted by Crippen LogP contribution is -2.51. The van der Waals surface area contributed by atoms with Gasteiger partial charge in [0.1, 0.15) is 0 Å². The van der Waals surface area contributed by atoms with Crippen LogP contribution in [0.5, 0.6) is 0 Å². The fraction of sp³-hybridized carbons (Fsp3) is 0.929. The highest BCUT2D eigenvalue weighted by Gasteiger charge is 2.29. The quantitative estimate of drug-likeness (QED) is 0.742. The number of hydrogen-bond donors (Lipinski definition) is 1. The van der Waals surface area contributed by atoms with Crippen LogP contribution < -0.4 is 0 Å². The molecule has 0 bridgehead atoms. The number of carbonyl (C=O) groups is 1. The van der Waals surface area contributed by atoms with Crippen molar-refractivity contribution in [2.24, 2.45) is 0 Å². The molecule has 1 rings (SSSR count). The Bertz CT molecular complexity index is 263. The first kappa shape index (κ1) is 16.4. The monoisotopic (exact) mass is 272 g/mol. The molecule has 1 N–H and O–H groups in total. The van der Waals surface area contributed by atoms with Gasteiger partial charge in [-0.05, 0) is 33.1 Å². The van der Waals surface area contributed by atoms with Gasteiger partial charge < -0.3 is 14.7 Å². The van der Waals surface area contributed by atoms with E-state index in [1.54, 1.807) is 7.11 Å². The van der Waals surface area contributed by atoms with Crippen LogP contribution in [0.25, 0.3) is 0 Å². The molecule has 5 nitrogen and oxygen atoms in total. The zero-order valence-electron chi connectivity index (χ0n) is 12.5. The van der Waals surface area contributed by atoms with E-state index >= 15 is 0 Å². The molecule has 0 aromatic rings. The lowest BCUT2D eigenvalue weighted by Gasteiger charge is -2.40. The van der Waals surface area contributed by atoms with E-state index in [2.05, 4.69) is 13.8 Å². The molecular formula is C14H28N2O3. The van der Waals surface area contributed by atoms with E-state index in [1.165, 1.54) is 6.42 Å². The maximum atomic E-state index is 12.4. The number of likely N-dealkylation sites (tertiary alicyclic amines) is 1. The number of methoxy groups -OCH3 is 1. The van der Waals surface area contributed by atoms with Crippen LogP contribution in [0.15, 0.2) is 0 Å². The molecule has 0 saturated carbocycles. The minimum atomic E-state index is 0.0715.